The molecule has 0 atom stereocenters. The zero-order valence-corrected chi connectivity index (χ0v) is 15.5. The van der Waals surface area contributed by atoms with E-state index in [1.54, 1.807) is 42.5 Å². The molecule has 1 heterocycles. The molecule has 0 aliphatic carbocycles. The molecular weight excluding hydrogens is 389 g/mol. The van der Waals surface area contributed by atoms with Crippen LogP contribution in [-0.4, -0.2) is 27.6 Å². The van der Waals surface area contributed by atoms with Gasteiger partial charge in [0.2, 0.25) is 0 Å². The lowest BCUT2D eigenvalue weighted by atomic mass is 10.2. The molecule has 27 heavy (non-hydrogen) atoms. The van der Waals surface area contributed by atoms with Crippen molar-refractivity contribution in [1.29, 1.82) is 0 Å². The predicted octanol–water partition coefficient (Wildman–Crippen LogP) is 2.36. The van der Waals surface area contributed by atoms with Crippen LogP contribution in [0.25, 0.3) is 6.08 Å². The van der Waals surface area contributed by atoms with Crippen LogP contribution in [0.1, 0.15) is 11.1 Å². The van der Waals surface area contributed by atoms with Gasteiger partial charge in [-0.05, 0) is 41.5 Å². The zero-order valence-electron chi connectivity index (χ0n) is 13.9. The first-order chi connectivity index (χ1) is 12.9. The lowest BCUT2D eigenvalue weighted by Gasteiger charge is -2.14. The molecule has 0 N–H and O–H groups in total. The highest BCUT2D eigenvalue weighted by Gasteiger charge is 2.31. The molecule has 1 aliphatic heterocycles. The molecule has 0 unspecified atom stereocenters. The molecule has 0 bridgehead atoms. The first-order valence-electron chi connectivity index (χ1n) is 7.85. The van der Waals surface area contributed by atoms with Gasteiger partial charge in [-0.3, -0.25) is 9.69 Å². The van der Waals surface area contributed by atoms with Gasteiger partial charge in [-0.1, -0.05) is 48.2 Å². The molecule has 0 aromatic heterocycles. The molecule has 2 aromatic rings. The van der Waals surface area contributed by atoms with Crippen LogP contribution in [-0.2, 0) is 16.2 Å². The second kappa shape index (κ2) is 8.32. The number of carboxylic acid groups (broad SMARTS) is 1. The molecule has 3 rings (SSSR count). The standard InChI is InChI=1S/C19H14FNO4S2/c20-14-6-4-12(5-7-14)11-25-15-3-1-2-13(8-15)9-16-18(24)21(10-17(22)23)19(26)27-16/h1-9H,10-11H2,(H,22,23)/p-1/b16-9-. The van der Waals surface area contributed by atoms with Gasteiger partial charge in [0, 0.05) is 0 Å². The number of aliphatic carboxylic acids is 1. The Bertz CT molecular complexity index is 928. The molecule has 5 nitrogen and oxygen atoms in total. The van der Waals surface area contributed by atoms with E-state index in [4.69, 9.17) is 17.0 Å². The fourth-order valence-corrected chi connectivity index (χ4v) is 3.61. The smallest absolute Gasteiger partial charge is 0.266 e. The Kier molecular flexibility index (Phi) is 5.88. The summed E-state index contributed by atoms with van der Waals surface area (Å²) in [6.45, 7) is -0.291. The quantitative estimate of drug-likeness (QED) is 0.546. The Morgan fingerprint density at radius 1 is 1.26 bits per heavy atom. The van der Waals surface area contributed by atoms with E-state index in [1.807, 2.05) is 0 Å². The fraction of sp³-hybridized carbons (Fsp3) is 0.105. The number of amides is 1. The van der Waals surface area contributed by atoms with Gasteiger partial charge < -0.3 is 14.6 Å². The maximum atomic E-state index is 12.9. The number of carbonyl (C=O) groups excluding carboxylic acids is 2. The van der Waals surface area contributed by atoms with E-state index in [2.05, 4.69) is 0 Å². The Morgan fingerprint density at radius 2 is 2.00 bits per heavy atom. The van der Waals surface area contributed by atoms with Crippen molar-refractivity contribution in [3.8, 4) is 5.75 Å². The number of thioether (sulfide) groups is 1. The van der Waals surface area contributed by atoms with Gasteiger partial charge in [-0.2, -0.15) is 0 Å². The number of benzene rings is 2. The lowest BCUT2D eigenvalue weighted by Crippen LogP contribution is -2.40. The number of ether oxygens (including phenoxy) is 1. The maximum absolute atomic E-state index is 12.9. The fourth-order valence-electron chi connectivity index (χ4n) is 2.36. The third-order valence-corrected chi connectivity index (χ3v) is 5.01. The average molecular weight is 402 g/mol. The number of halogens is 1. The van der Waals surface area contributed by atoms with Crippen molar-refractivity contribution < 1.29 is 23.8 Å². The van der Waals surface area contributed by atoms with Crippen LogP contribution >= 0.6 is 24.0 Å². The van der Waals surface area contributed by atoms with E-state index < -0.39 is 18.4 Å². The van der Waals surface area contributed by atoms with E-state index >= 15 is 0 Å². The van der Waals surface area contributed by atoms with Crippen LogP contribution in [0.2, 0.25) is 0 Å². The van der Waals surface area contributed by atoms with E-state index in [9.17, 15) is 19.1 Å². The number of nitrogens with zero attached hydrogens (tertiary/aromatic N) is 1. The van der Waals surface area contributed by atoms with Gasteiger partial charge in [-0.25, -0.2) is 4.39 Å². The Balaban J connectivity index is 1.71. The molecule has 2 aromatic carbocycles. The highest BCUT2D eigenvalue weighted by Crippen LogP contribution is 2.32. The van der Waals surface area contributed by atoms with Crippen molar-refractivity contribution in [3.05, 3.63) is 70.4 Å². The zero-order chi connectivity index (χ0) is 19.4. The van der Waals surface area contributed by atoms with Crippen molar-refractivity contribution >= 4 is 46.3 Å². The van der Waals surface area contributed by atoms with E-state index in [0.29, 0.717) is 16.2 Å². The third kappa shape index (κ3) is 4.93. The van der Waals surface area contributed by atoms with Crippen LogP contribution in [0.5, 0.6) is 5.75 Å². The third-order valence-electron chi connectivity index (χ3n) is 3.64. The van der Waals surface area contributed by atoms with E-state index in [0.717, 1.165) is 22.2 Å². The van der Waals surface area contributed by atoms with Gasteiger partial charge in [0.25, 0.3) is 5.91 Å². The SMILES string of the molecule is O=C([O-])CN1C(=O)/C(=C/c2cccc(OCc3ccc(F)cc3)c2)SC1=S. The van der Waals surface area contributed by atoms with Crippen molar-refractivity contribution in [2.24, 2.45) is 0 Å². The van der Waals surface area contributed by atoms with E-state index in [-0.39, 0.29) is 16.7 Å². The Morgan fingerprint density at radius 3 is 2.70 bits per heavy atom. The number of carbonyl (C=O) groups is 2. The highest BCUT2D eigenvalue weighted by molar-refractivity contribution is 8.26. The molecule has 1 fully saturated rings. The molecule has 1 aliphatic rings. The monoisotopic (exact) mass is 402 g/mol. The molecule has 138 valence electrons. The van der Waals surface area contributed by atoms with Crippen LogP contribution in [0.3, 0.4) is 0 Å². The molecule has 0 radical (unpaired) electrons. The predicted molar refractivity (Wildman–Crippen MR) is 102 cm³/mol. The minimum atomic E-state index is -1.37. The molecule has 1 amide bonds. The summed E-state index contributed by atoms with van der Waals surface area (Å²) in [6, 6.07) is 13.1. The summed E-state index contributed by atoms with van der Waals surface area (Å²) in [7, 11) is 0. The number of carboxylic acids is 1. The van der Waals surface area contributed by atoms with Crippen molar-refractivity contribution in [3.63, 3.8) is 0 Å². The van der Waals surface area contributed by atoms with Crippen LogP contribution < -0.4 is 9.84 Å². The second-order valence-electron chi connectivity index (χ2n) is 5.63. The van der Waals surface area contributed by atoms with E-state index in [1.165, 1.54) is 12.1 Å². The summed E-state index contributed by atoms with van der Waals surface area (Å²) in [6.07, 6.45) is 1.62. The normalized spacial score (nSPS) is 15.4. The first-order valence-corrected chi connectivity index (χ1v) is 9.07. The number of hydrogen-bond acceptors (Lipinski definition) is 6. The van der Waals surface area contributed by atoms with Crippen LogP contribution in [0.4, 0.5) is 4.39 Å². The molecule has 0 saturated carbocycles. The minimum absolute atomic E-state index is 0.180. The largest absolute Gasteiger partial charge is 0.548 e. The summed E-state index contributed by atoms with van der Waals surface area (Å²) >= 11 is 6.08. The summed E-state index contributed by atoms with van der Waals surface area (Å²) in [5, 5.41) is 10.7. The number of thiocarbonyl (C=S) groups is 1. The summed E-state index contributed by atoms with van der Waals surface area (Å²) in [4.78, 5) is 24.3. The van der Waals surface area contributed by atoms with Gasteiger partial charge in [0.05, 0.1) is 17.4 Å². The molecule has 1 saturated heterocycles. The van der Waals surface area contributed by atoms with Crippen LogP contribution in [0.15, 0.2) is 53.4 Å². The summed E-state index contributed by atoms with van der Waals surface area (Å²) in [5.74, 6) is -1.56. The molecule has 0 spiro atoms. The van der Waals surface area contributed by atoms with Gasteiger partial charge >= 0.3 is 0 Å². The van der Waals surface area contributed by atoms with Crippen molar-refractivity contribution in [2.45, 2.75) is 6.61 Å². The maximum Gasteiger partial charge on any atom is 0.266 e. The van der Waals surface area contributed by atoms with Gasteiger partial charge in [0.15, 0.2) is 0 Å². The van der Waals surface area contributed by atoms with Crippen molar-refractivity contribution in [1.82, 2.24) is 4.90 Å². The summed E-state index contributed by atoms with van der Waals surface area (Å²) in [5.41, 5.74) is 1.53. The molecular formula is C19H13FNO4S2-. The topological polar surface area (TPSA) is 69.7 Å². The Hall–Kier alpha value is -2.71. The Labute approximate surface area is 164 Å². The lowest BCUT2D eigenvalue weighted by molar-refractivity contribution is -0.305. The second-order valence-corrected chi connectivity index (χ2v) is 7.30. The number of hydrogen-bond donors (Lipinski definition) is 0. The van der Waals surface area contributed by atoms with Gasteiger partial charge in [-0.15, -0.1) is 0 Å². The summed E-state index contributed by atoms with van der Waals surface area (Å²) < 4.78 is 18.8. The number of rotatable bonds is 6. The first kappa shape index (κ1) is 19.1. The minimum Gasteiger partial charge on any atom is -0.548 e. The van der Waals surface area contributed by atoms with Crippen LogP contribution in [0, 0.1) is 5.82 Å². The average Bonchev–Trinajstić information content (AvgIpc) is 2.89. The highest BCUT2D eigenvalue weighted by atomic mass is 32.2. The van der Waals surface area contributed by atoms with Crippen molar-refractivity contribution in [2.75, 3.05) is 6.54 Å². The van der Waals surface area contributed by atoms with Gasteiger partial charge in [0.1, 0.15) is 22.5 Å². The molecule has 8 heteroatoms.